The molecular weight excluding hydrogens is 448 g/mol. The Morgan fingerprint density at radius 3 is 2.19 bits per heavy atom. The number of hydrogen-bond acceptors (Lipinski definition) is 6. The van der Waals surface area contributed by atoms with Gasteiger partial charge in [-0.15, -0.1) is 0 Å². The van der Waals surface area contributed by atoms with Gasteiger partial charge in [0.05, 0.1) is 14.7 Å². The molecule has 32 heavy (non-hydrogen) atoms. The van der Waals surface area contributed by atoms with Crippen LogP contribution in [0.2, 0.25) is 0 Å². The van der Waals surface area contributed by atoms with E-state index in [0.717, 1.165) is 24.9 Å². The average molecular weight is 481 g/mol. The van der Waals surface area contributed by atoms with Crippen LogP contribution in [0.1, 0.15) is 44.6 Å². The Kier molecular flexibility index (Phi) is 7.97. The molecule has 9 heteroatoms. The number of benzene rings is 2. The third-order valence-corrected chi connectivity index (χ3v) is 9.13. The van der Waals surface area contributed by atoms with Crippen LogP contribution in [-0.4, -0.2) is 43.6 Å². The highest BCUT2D eigenvalue weighted by Crippen LogP contribution is 2.30. The van der Waals surface area contributed by atoms with Crippen LogP contribution in [0, 0.1) is 5.92 Å². The molecule has 3 rings (SSSR count). The van der Waals surface area contributed by atoms with Gasteiger partial charge in [0.25, 0.3) is 0 Å². The molecule has 2 aromatic carbocycles. The molecule has 0 bridgehead atoms. The molecule has 1 fully saturated rings. The largest absolute Gasteiger partial charge is 0.388 e. The molecule has 1 aliphatic rings. The normalized spacial score (nSPS) is 15.8. The summed E-state index contributed by atoms with van der Waals surface area (Å²) in [6, 6.07) is 10.7. The fourth-order valence-corrected chi connectivity index (χ4v) is 6.64. The third kappa shape index (κ3) is 5.70. The molecule has 0 spiro atoms. The summed E-state index contributed by atoms with van der Waals surface area (Å²) < 4.78 is 60.7. The standard InChI is InChI=1S/C23H32N2O5S2/c1-17(2)22-9-8-21(31(26,27)20-6-4-19(24-3)5-7-20)16-23(22)32(28,29)25-13-10-18-11-14-30-15-12-18/h4-9,16-18,24-25H,10-15H2,1-3H3. The summed E-state index contributed by atoms with van der Waals surface area (Å²) in [5, 5.41) is 2.95. The second kappa shape index (κ2) is 10.3. The van der Waals surface area contributed by atoms with E-state index in [0.29, 0.717) is 31.2 Å². The van der Waals surface area contributed by atoms with Gasteiger partial charge in [-0.25, -0.2) is 21.6 Å². The molecule has 0 aliphatic carbocycles. The summed E-state index contributed by atoms with van der Waals surface area (Å²) in [5.41, 5.74) is 1.38. The van der Waals surface area contributed by atoms with E-state index < -0.39 is 19.9 Å². The van der Waals surface area contributed by atoms with Crippen molar-refractivity contribution in [3.05, 3.63) is 48.0 Å². The van der Waals surface area contributed by atoms with Crippen molar-refractivity contribution in [1.29, 1.82) is 0 Å². The topological polar surface area (TPSA) is 102 Å². The predicted octanol–water partition coefficient (Wildman–Crippen LogP) is 3.78. The molecule has 0 unspecified atom stereocenters. The Morgan fingerprint density at radius 1 is 0.969 bits per heavy atom. The van der Waals surface area contributed by atoms with Gasteiger partial charge in [-0.1, -0.05) is 19.9 Å². The van der Waals surface area contributed by atoms with E-state index in [1.165, 1.54) is 24.3 Å². The van der Waals surface area contributed by atoms with E-state index in [9.17, 15) is 16.8 Å². The van der Waals surface area contributed by atoms with Crippen LogP contribution in [-0.2, 0) is 24.6 Å². The Labute approximate surface area is 191 Å². The van der Waals surface area contributed by atoms with Crippen molar-refractivity contribution in [2.75, 3.05) is 32.1 Å². The first kappa shape index (κ1) is 24.7. The number of rotatable bonds is 9. The maximum absolute atomic E-state index is 13.2. The number of hydrogen-bond donors (Lipinski definition) is 2. The van der Waals surface area contributed by atoms with Crippen molar-refractivity contribution >= 4 is 25.5 Å². The first-order valence-corrected chi connectivity index (χ1v) is 13.9. The highest BCUT2D eigenvalue weighted by Gasteiger charge is 2.26. The molecule has 1 heterocycles. The van der Waals surface area contributed by atoms with E-state index in [4.69, 9.17) is 4.74 Å². The highest BCUT2D eigenvalue weighted by molar-refractivity contribution is 7.91. The van der Waals surface area contributed by atoms with Crippen LogP contribution in [0.5, 0.6) is 0 Å². The summed E-state index contributed by atoms with van der Waals surface area (Å²) in [5.74, 6) is 0.354. The number of sulfonamides is 1. The number of ether oxygens (including phenoxy) is 1. The van der Waals surface area contributed by atoms with Gasteiger partial charge in [0.1, 0.15) is 0 Å². The Morgan fingerprint density at radius 2 is 1.59 bits per heavy atom. The molecule has 7 nitrogen and oxygen atoms in total. The van der Waals surface area contributed by atoms with E-state index in [-0.39, 0.29) is 20.6 Å². The number of anilines is 1. The lowest BCUT2D eigenvalue weighted by Crippen LogP contribution is -2.28. The molecule has 0 aromatic heterocycles. The SMILES string of the molecule is CNc1ccc(S(=O)(=O)c2ccc(C(C)C)c(S(=O)(=O)NCCC3CCOCC3)c2)cc1. The van der Waals surface area contributed by atoms with Crippen molar-refractivity contribution < 1.29 is 21.6 Å². The lowest BCUT2D eigenvalue weighted by Gasteiger charge is -2.22. The molecule has 0 radical (unpaired) electrons. The quantitative estimate of drug-likeness (QED) is 0.566. The van der Waals surface area contributed by atoms with Crippen LogP contribution < -0.4 is 10.0 Å². The Balaban J connectivity index is 1.89. The lowest BCUT2D eigenvalue weighted by atomic mass is 9.97. The molecule has 2 aromatic rings. The second-order valence-corrected chi connectivity index (χ2v) is 12.1. The van der Waals surface area contributed by atoms with Gasteiger partial charge in [-0.2, -0.15) is 0 Å². The van der Waals surface area contributed by atoms with Crippen LogP contribution in [0.3, 0.4) is 0 Å². The summed E-state index contributed by atoms with van der Waals surface area (Å²) in [6.45, 7) is 5.52. The second-order valence-electron chi connectivity index (χ2n) is 8.37. The molecule has 0 atom stereocenters. The highest BCUT2D eigenvalue weighted by atomic mass is 32.2. The molecule has 0 amide bonds. The van der Waals surface area contributed by atoms with E-state index in [2.05, 4.69) is 10.0 Å². The van der Waals surface area contributed by atoms with Crippen LogP contribution in [0.15, 0.2) is 57.2 Å². The number of nitrogens with one attached hydrogen (secondary N) is 2. The van der Waals surface area contributed by atoms with Gasteiger partial charge in [-0.3, -0.25) is 0 Å². The van der Waals surface area contributed by atoms with Crippen molar-refractivity contribution in [3.8, 4) is 0 Å². The van der Waals surface area contributed by atoms with Crippen molar-refractivity contribution in [1.82, 2.24) is 4.72 Å². The first-order valence-electron chi connectivity index (χ1n) is 10.9. The molecular formula is C23H32N2O5S2. The zero-order valence-corrected chi connectivity index (χ0v) is 20.4. The van der Waals surface area contributed by atoms with Gasteiger partial charge >= 0.3 is 0 Å². The van der Waals surface area contributed by atoms with Gasteiger partial charge in [0, 0.05) is 32.5 Å². The Bertz CT molecular complexity index is 1120. The lowest BCUT2D eigenvalue weighted by molar-refractivity contribution is 0.0644. The molecule has 2 N–H and O–H groups in total. The smallest absolute Gasteiger partial charge is 0.240 e. The van der Waals surface area contributed by atoms with E-state index in [1.54, 1.807) is 25.2 Å². The summed E-state index contributed by atoms with van der Waals surface area (Å²) >= 11 is 0. The molecule has 0 saturated carbocycles. The summed E-state index contributed by atoms with van der Waals surface area (Å²) in [7, 11) is -5.98. The molecule has 1 aliphatic heterocycles. The monoisotopic (exact) mass is 480 g/mol. The number of sulfone groups is 1. The fourth-order valence-electron chi connectivity index (χ4n) is 3.84. The Hall–Kier alpha value is -1.94. The van der Waals surface area contributed by atoms with Crippen LogP contribution in [0.25, 0.3) is 0 Å². The van der Waals surface area contributed by atoms with Crippen molar-refractivity contribution in [2.24, 2.45) is 5.92 Å². The van der Waals surface area contributed by atoms with Crippen molar-refractivity contribution in [3.63, 3.8) is 0 Å². The van der Waals surface area contributed by atoms with Gasteiger partial charge in [-0.05, 0) is 73.1 Å². The maximum Gasteiger partial charge on any atom is 0.240 e. The van der Waals surface area contributed by atoms with Crippen molar-refractivity contribution in [2.45, 2.75) is 53.7 Å². The fraction of sp³-hybridized carbons (Fsp3) is 0.478. The van der Waals surface area contributed by atoms with E-state index >= 15 is 0 Å². The zero-order valence-electron chi connectivity index (χ0n) is 18.8. The molecule has 1 saturated heterocycles. The minimum atomic E-state index is -3.87. The van der Waals surface area contributed by atoms with Gasteiger partial charge in [0.2, 0.25) is 19.9 Å². The molecule has 176 valence electrons. The average Bonchev–Trinajstić information content (AvgIpc) is 2.79. The van der Waals surface area contributed by atoms with Crippen LogP contribution in [0.4, 0.5) is 5.69 Å². The first-order chi connectivity index (χ1) is 15.1. The zero-order chi connectivity index (χ0) is 23.4. The summed E-state index contributed by atoms with van der Waals surface area (Å²) in [4.78, 5) is 0.0981. The van der Waals surface area contributed by atoms with Crippen LogP contribution >= 0.6 is 0 Å². The predicted molar refractivity (Wildman–Crippen MR) is 125 cm³/mol. The minimum Gasteiger partial charge on any atom is -0.388 e. The third-order valence-electron chi connectivity index (χ3n) is 5.85. The maximum atomic E-state index is 13.2. The van der Waals surface area contributed by atoms with Gasteiger partial charge < -0.3 is 10.1 Å². The minimum absolute atomic E-state index is 0.0207. The van der Waals surface area contributed by atoms with Gasteiger partial charge in [0.15, 0.2) is 0 Å². The van der Waals surface area contributed by atoms with E-state index in [1.807, 2.05) is 13.8 Å². The summed E-state index contributed by atoms with van der Waals surface area (Å²) in [6.07, 6.45) is 2.59.